The summed E-state index contributed by atoms with van der Waals surface area (Å²) in [6.45, 7) is 13.4. The standard InChI is InChI=1S/C21H33N3O2/c1-6-23(7-2)20(26)17-14-16(22-19(25)15-21(3,4)5)10-11-18(17)24-12-8-9-13-24/h10-11,14H,6-9,12-13,15H2,1-5H3,(H,22,25). The third-order valence-corrected chi connectivity index (χ3v) is 4.70. The van der Waals surface area contributed by atoms with E-state index in [9.17, 15) is 9.59 Å². The smallest absolute Gasteiger partial charge is 0.256 e. The van der Waals surface area contributed by atoms with Crippen molar-refractivity contribution in [1.29, 1.82) is 0 Å². The van der Waals surface area contributed by atoms with Gasteiger partial charge in [-0.05, 0) is 50.3 Å². The number of nitrogens with zero attached hydrogens (tertiary/aromatic N) is 2. The van der Waals surface area contributed by atoms with Crippen LogP contribution in [0.1, 0.15) is 64.2 Å². The van der Waals surface area contributed by atoms with Crippen LogP contribution in [0, 0.1) is 5.41 Å². The topological polar surface area (TPSA) is 52.7 Å². The van der Waals surface area contributed by atoms with Crippen LogP contribution in [0.15, 0.2) is 18.2 Å². The van der Waals surface area contributed by atoms with Crippen molar-refractivity contribution in [2.24, 2.45) is 5.41 Å². The number of carbonyl (C=O) groups excluding carboxylic acids is 2. The van der Waals surface area contributed by atoms with Crippen LogP contribution in [0.25, 0.3) is 0 Å². The lowest BCUT2D eigenvalue weighted by molar-refractivity contribution is -0.117. The predicted molar refractivity (Wildman–Crippen MR) is 108 cm³/mol. The first-order chi connectivity index (χ1) is 12.2. The van der Waals surface area contributed by atoms with Crippen molar-refractivity contribution >= 4 is 23.2 Å². The number of nitrogens with one attached hydrogen (secondary N) is 1. The minimum atomic E-state index is -0.0700. The van der Waals surface area contributed by atoms with Crippen LogP contribution in [-0.4, -0.2) is 42.9 Å². The Morgan fingerprint density at radius 1 is 1.12 bits per heavy atom. The zero-order chi connectivity index (χ0) is 19.3. The Bertz CT molecular complexity index is 639. The molecule has 1 saturated heterocycles. The summed E-state index contributed by atoms with van der Waals surface area (Å²) in [5, 5.41) is 2.96. The second-order valence-electron chi connectivity index (χ2n) is 8.19. The summed E-state index contributed by atoms with van der Waals surface area (Å²) in [4.78, 5) is 29.4. The maximum Gasteiger partial charge on any atom is 0.256 e. The zero-order valence-electron chi connectivity index (χ0n) is 16.9. The van der Waals surface area contributed by atoms with Gasteiger partial charge < -0.3 is 15.1 Å². The van der Waals surface area contributed by atoms with E-state index in [1.165, 1.54) is 0 Å². The van der Waals surface area contributed by atoms with E-state index in [2.05, 4.69) is 10.2 Å². The van der Waals surface area contributed by atoms with Crippen molar-refractivity contribution in [3.05, 3.63) is 23.8 Å². The van der Waals surface area contributed by atoms with Gasteiger partial charge in [-0.3, -0.25) is 9.59 Å². The van der Waals surface area contributed by atoms with E-state index in [1.54, 1.807) is 0 Å². The van der Waals surface area contributed by atoms with Crippen molar-refractivity contribution < 1.29 is 9.59 Å². The molecule has 1 fully saturated rings. The van der Waals surface area contributed by atoms with E-state index in [4.69, 9.17) is 0 Å². The number of amides is 2. The molecule has 0 radical (unpaired) electrons. The van der Waals surface area contributed by atoms with Gasteiger partial charge >= 0.3 is 0 Å². The first-order valence-corrected chi connectivity index (χ1v) is 9.73. The van der Waals surface area contributed by atoms with Crippen molar-refractivity contribution in [3.8, 4) is 0 Å². The highest BCUT2D eigenvalue weighted by atomic mass is 16.2. The SMILES string of the molecule is CCN(CC)C(=O)c1cc(NC(=O)CC(C)(C)C)ccc1N1CCCC1. The van der Waals surface area contributed by atoms with Gasteiger partial charge in [0.2, 0.25) is 5.91 Å². The average Bonchev–Trinajstić information content (AvgIpc) is 3.08. The van der Waals surface area contributed by atoms with E-state index >= 15 is 0 Å². The molecule has 0 aromatic heterocycles. The molecule has 5 nitrogen and oxygen atoms in total. The fraction of sp³-hybridized carbons (Fsp3) is 0.619. The Morgan fingerprint density at radius 3 is 2.27 bits per heavy atom. The molecule has 26 heavy (non-hydrogen) atoms. The van der Waals surface area contributed by atoms with Gasteiger partial charge in [0.25, 0.3) is 5.91 Å². The van der Waals surface area contributed by atoms with Gasteiger partial charge in [0.05, 0.1) is 5.56 Å². The Morgan fingerprint density at radius 2 is 1.73 bits per heavy atom. The third-order valence-electron chi connectivity index (χ3n) is 4.70. The van der Waals surface area contributed by atoms with Crippen LogP contribution in [0.5, 0.6) is 0 Å². The molecule has 1 aromatic rings. The Hall–Kier alpha value is -2.04. The molecule has 1 N–H and O–H groups in total. The molecule has 1 aliphatic rings. The van der Waals surface area contributed by atoms with Crippen molar-refractivity contribution in [2.75, 3.05) is 36.4 Å². The summed E-state index contributed by atoms with van der Waals surface area (Å²) in [5.41, 5.74) is 2.29. The number of carbonyl (C=O) groups is 2. The lowest BCUT2D eigenvalue weighted by Crippen LogP contribution is -2.32. The molecule has 1 heterocycles. The fourth-order valence-electron chi connectivity index (χ4n) is 3.39. The first-order valence-electron chi connectivity index (χ1n) is 9.73. The summed E-state index contributed by atoms with van der Waals surface area (Å²) in [5.74, 6) is 0.0106. The highest BCUT2D eigenvalue weighted by Crippen LogP contribution is 2.29. The largest absolute Gasteiger partial charge is 0.371 e. The Balaban J connectivity index is 2.31. The van der Waals surface area contributed by atoms with E-state index in [1.807, 2.05) is 57.7 Å². The molecule has 144 valence electrons. The number of benzene rings is 1. The van der Waals surface area contributed by atoms with E-state index in [0.29, 0.717) is 30.8 Å². The third kappa shape index (κ3) is 5.23. The van der Waals surface area contributed by atoms with Gasteiger partial charge in [-0.15, -0.1) is 0 Å². The van der Waals surface area contributed by atoms with Gasteiger partial charge in [-0.1, -0.05) is 20.8 Å². The highest BCUT2D eigenvalue weighted by molar-refractivity contribution is 6.02. The van der Waals surface area contributed by atoms with Gasteiger partial charge in [-0.25, -0.2) is 0 Å². The molecule has 1 aliphatic heterocycles. The second-order valence-corrected chi connectivity index (χ2v) is 8.19. The van der Waals surface area contributed by atoms with Crippen LogP contribution in [-0.2, 0) is 4.79 Å². The van der Waals surface area contributed by atoms with Crippen LogP contribution in [0.4, 0.5) is 11.4 Å². The van der Waals surface area contributed by atoms with Gasteiger partial charge in [0.1, 0.15) is 0 Å². The molecule has 2 amide bonds. The molecule has 1 aromatic carbocycles. The molecule has 0 spiro atoms. The molecule has 0 aliphatic carbocycles. The van der Waals surface area contributed by atoms with E-state index in [-0.39, 0.29) is 17.2 Å². The maximum atomic E-state index is 13.0. The minimum Gasteiger partial charge on any atom is -0.371 e. The zero-order valence-corrected chi connectivity index (χ0v) is 16.9. The van der Waals surface area contributed by atoms with Gasteiger partial charge in [0, 0.05) is 44.0 Å². The molecule has 0 bridgehead atoms. The molecular formula is C21H33N3O2. The number of rotatable bonds is 6. The molecule has 2 rings (SSSR count). The summed E-state index contributed by atoms with van der Waals surface area (Å²) >= 11 is 0. The molecule has 0 unspecified atom stereocenters. The van der Waals surface area contributed by atoms with E-state index < -0.39 is 0 Å². The lowest BCUT2D eigenvalue weighted by Gasteiger charge is -2.25. The molecule has 0 atom stereocenters. The van der Waals surface area contributed by atoms with Gasteiger partial charge in [-0.2, -0.15) is 0 Å². The van der Waals surface area contributed by atoms with Crippen molar-refractivity contribution in [2.45, 2.75) is 53.9 Å². The second kappa shape index (κ2) is 8.56. The summed E-state index contributed by atoms with van der Waals surface area (Å²) in [6, 6.07) is 5.73. The van der Waals surface area contributed by atoms with Gasteiger partial charge in [0.15, 0.2) is 0 Å². The normalized spacial score (nSPS) is 14.4. The minimum absolute atomic E-state index is 0.0207. The van der Waals surface area contributed by atoms with E-state index in [0.717, 1.165) is 31.6 Å². The van der Waals surface area contributed by atoms with Crippen LogP contribution in [0.3, 0.4) is 0 Å². The fourth-order valence-corrected chi connectivity index (χ4v) is 3.39. The monoisotopic (exact) mass is 359 g/mol. The first kappa shape index (κ1) is 20.3. The molecule has 5 heteroatoms. The number of hydrogen-bond donors (Lipinski definition) is 1. The molecular weight excluding hydrogens is 326 g/mol. The van der Waals surface area contributed by atoms with Crippen molar-refractivity contribution in [1.82, 2.24) is 4.90 Å². The Labute approximate surface area is 157 Å². The maximum absolute atomic E-state index is 13.0. The number of anilines is 2. The van der Waals surface area contributed by atoms with Crippen LogP contribution >= 0.6 is 0 Å². The van der Waals surface area contributed by atoms with Crippen LogP contribution in [0.2, 0.25) is 0 Å². The highest BCUT2D eigenvalue weighted by Gasteiger charge is 2.23. The quantitative estimate of drug-likeness (QED) is 0.830. The molecule has 0 saturated carbocycles. The van der Waals surface area contributed by atoms with Crippen LogP contribution < -0.4 is 10.2 Å². The Kier molecular flexibility index (Phi) is 6.68. The lowest BCUT2D eigenvalue weighted by atomic mass is 9.92. The number of hydrogen-bond acceptors (Lipinski definition) is 3. The summed E-state index contributed by atoms with van der Waals surface area (Å²) < 4.78 is 0. The summed E-state index contributed by atoms with van der Waals surface area (Å²) in [7, 11) is 0. The summed E-state index contributed by atoms with van der Waals surface area (Å²) in [6.07, 6.45) is 2.76. The predicted octanol–water partition coefficient (Wildman–Crippen LogP) is 4.14. The van der Waals surface area contributed by atoms with Crippen molar-refractivity contribution in [3.63, 3.8) is 0 Å². The average molecular weight is 360 g/mol.